The molecule has 7 heteroatoms. The molecular weight excluding hydrogens is 393 g/mol. The highest BCUT2D eigenvalue weighted by Gasteiger charge is 2.23. The van der Waals surface area contributed by atoms with Crippen LogP contribution in [0.1, 0.15) is 11.1 Å². The normalized spacial score (nSPS) is 14.7. The molecule has 4 nitrogen and oxygen atoms in total. The number of hydrogen-bond acceptors (Lipinski definition) is 5. The van der Waals surface area contributed by atoms with E-state index < -0.39 is 0 Å². The fourth-order valence-electron chi connectivity index (χ4n) is 3.22. The number of aryl methyl sites for hydroxylation is 2. The van der Waals surface area contributed by atoms with E-state index in [2.05, 4.69) is 30.9 Å². The van der Waals surface area contributed by atoms with Gasteiger partial charge in [0.1, 0.15) is 5.82 Å². The summed E-state index contributed by atoms with van der Waals surface area (Å²) in [5, 5.41) is 1.03. The molecule has 3 aromatic rings. The van der Waals surface area contributed by atoms with Gasteiger partial charge in [-0.1, -0.05) is 11.3 Å². The monoisotopic (exact) mass is 415 g/mol. The summed E-state index contributed by atoms with van der Waals surface area (Å²) >= 11 is 3.17. The van der Waals surface area contributed by atoms with Crippen molar-refractivity contribution in [3.05, 3.63) is 53.3 Å². The number of amides is 1. The minimum absolute atomic E-state index is 0.129. The number of nitrogens with zero attached hydrogens (tertiary/aromatic N) is 3. The average molecular weight is 416 g/mol. The van der Waals surface area contributed by atoms with Gasteiger partial charge in [-0.05, 0) is 61.4 Å². The molecule has 0 saturated carbocycles. The molecule has 0 atom stereocenters. The van der Waals surface area contributed by atoms with Crippen LogP contribution in [0.3, 0.4) is 0 Å². The molecule has 1 aliphatic rings. The maximum absolute atomic E-state index is 13.0. The van der Waals surface area contributed by atoms with Crippen molar-refractivity contribution in [1.29, 1.82) is 0 Å². The van der Waals surface area contributed by atoms with E-state index in [9.17, 15) is 9.18 Å². The Labute approximate surface area is 172 Å². The van der Waals surface area contributed by atoms with Crippen LogP contribution in [0.2, 0.25) is 0 Å². The van der Waals surface area contributed by atoms with E-state index in [4.69, 9.17) is 4.98 Å². The SMILES string of the molecule is Cc1cc2nc(N3CCN(C(=O)CSc4ccc(F)cc4)CC3)sc2cc1C. The third-order valence-electron chi connectivity index (χ3n) is 5.07. The topological polar surface area (TPSA) is 36.4 Å². The molecule has 0 N–H and O–H groups in total. The second-order valence-corrected chi connectivity index (χ2v) is 9.07. The first-order valence-electron chi connectivity index (χ1n) is 9.28. The van der Waals surface area contributed by atoms with Crippen molar-refractivity contribution >= 4 is 44.4 Å². The quantitative estimate of drug-likeness (QED) is 0.588. The van der Waals surface area contributed by atoms with Gasteiger partial charge in [-0.3, -0.25) is 4.79 Å². The van der Waals surface area contributed by atoms with Gasteiger partial charge in [0.2, 0.25) is 5.91 Å². The van der Waals surface area contributed by atoms with Crippen molar-refractivity contribution in [3.8, 4) is 0 Å². The summed E-state index contributed by atoms with van der Waals surface area (Å²) in [7, 11) is 0. The predicted molar refractivity (Wildman–Crippen MR) is 115 cm³/mol. The Bertz CT molecular complexity index is 956. The molecule has 0 unspecified atom stereocenters. The van der Waals surface area contributed by atoms with Gasteiger partial charge in [-0.2, -0.15) is 0 Å². The van der Waals surface area contributed by atoms with Gasteiger partial charge in [0, 0.05) is 31.1 Å². The summed E-state index contributed by atoms with van der Waals surface area (Å²) in [5.41, 5.74) is 3.60. The van der Waals surface area contributed by atoms with Crippen LogP contribution >= 0.6 is 23.1 Å². The van der Waals surface area contributed by atoms with E-state index in [1.807, 2.05) is 4.90 Å². The molecule has 1 amide bonds. The standard InChI is InChI=1S/C21H22FN3OS2/c1-14-11-18-19(12-15(14)2)28-21(23-18)25-9-7-24(8-10-25)20(26)13-27-17-5-3-16(22)4-6-17/h3-6,11-12H,7-10,13H2,1-2H3. The highest BCUT2D eigenvalue weighted by atomic mass is 32.2. The number of benzene rings is 2. The van der Waals surface area contributed by atoms with E-state index in [1.165, 1.54) is 39.7 Å². The minimum Gasteiger partial charge on any atom is -0.345 e. The number of carbonyl (C=O) groups is 1. The first-order valence-corrected chi connectivity index (χ1v) is 11.1. The fraction of sp³-hybridized carbons (Fsp3) is 0.333. The maximum atomic E-state index is 13.0. The molecule has 1 saturated heterocycles. The molecule has 2 heterocycles. The lowest BCUT2D eigenvalue weighted by atomic mass is 10.1. The van der Waals surface area contributed by atoms with Crippen molar-refractivity contribution in [1.82, 2.24) is 9.88 Å². The maximum Gasteiger partial charge on any atom is 0.233 e. The van der Waals surface area contributed by atoms with Crippen molar-refractivity contribution in [2.75, 3.05) is 36.8 Å². The van der Waals surface area contributed by atoms with Crippen LogP contribution in [0.4, 0.5) is 9.52 Å². The number of hydrogen-bond donors (Lipinski definition) is 0. The molecule has 0 bridgehead atoms. The lowest BCUT2D eigenvalue weighted by Gasteiger charge is -2.34. The van der Waals surface area contributed by atoms with E-state index >= 15 is 0 Å². The number of thiazole rings is 1. The van der Waals surface area contributed by atoms with Crippen molar-refractivity contribution in [2.24, 2.45) is 0 Å². The average Bonchev–Trinajstić information content (AvgIpc) is 3.10. The number of carbonyl (C=O) groups excluding carboxylic acids is 1. The lowest BCUT2D eigenvalue weighted by Crippen LogP contribution is -2.49. The molecule has 2 aromatic carbocycles. The molecule has 1 aliphatic heterocycles. The molecule has 4 rings (SSSR count). The molecular formula is C21H22FN3OS2. The van der Waals surface area contributed by atoms with Crippen molar-refractivity contribution in [3.63, 3.8) is 0 Å². The number of fused-ring (bicyclic) bond motifs is 1. The van der Waals surface area contributed by atoms with Crippen LogP contribution in [0.5, 0.6) is 0 Å². The third-order valence-corrected chi connectivity index (χ3v) is 7.15. The largest absolute Gasteiger partial charge is 0.345 e. The zero-order valence-corrected chi connectivity index (χ0v) is 17.6. The van der Waals surface area contributed by atoms with Gasteiger partial charge in [0.25, 0.3) is 0 Å². The Balaban J connectivity index is 1.33. The molecule has 1 fully saturated rings. The predicted octanol–water partition coefficient (Wildman–Crippen LogP) is 4.49. The van der Waals surface area contributed by atoms with Gasteiger partial charge in [-0.25, -0.2) is 9.37 Å². The van der Waals surface area contributed by atoms with E-state index in [-0.39, 0.29) is 11.7 Å². The van der Waals surface area contributed by atoms with Gasteiger partial charge < -0.3 is 9.80 Å². The summed E-state index contributed by atoms with van der Waals surface area (Å²) in [4.78, 5) is 22.4. The highest BCUT2D eigenvalue weighted by molar-refractivity contribution is 8.00. The highest BCUT2D eigenvalue weighted by Crippen LogP contribution is 2.31. The number of halogens is 1. The van der Waals surface area contributed by atoms with Crippen LogP contribution in [-0.2, 0) is 4.79 Å². The first-order chi connectivity index (χ1) is 13.5. The second-order valence-electron chi connectivity index (χ2n) is 7.01. The summed E-state index contributed by atoms with van der Waals surface area (Å²) < 4.78 is 14.2. The molecule has 1 aromatic heterocycles. The first kappa shape index (κ1) is 19.2. The molecule has 0 radical (unpaired) electrons. The summed E-state index contributed by atoms with van der Waals surface area (Å²) in [6.45, 7) is 7.24. The minimum atomic E-state index is -0.257. The Hall–Kier alpha value is -2.12. The third kappa shape index (κ3) is 4.15. The van der Waals surface area contributed by atoms with E-state index in [0.717, 1.165) is 28.6 Å². The zero-order chi connectivity index (χ0) is 19.7. The van der Waals surface area contributed by atoms with Crippen LogP contribution < -0.4 is 4.90 Å². The lowest BCUT2D eigenvalue weighted by molar-refractivity contribution is -0.128. The Kier molecular flexibility index (Phi) is 5.55. The summed E-state index contributed by atoms with van der Waals surface area (Å²) in [5.74, 6) is 0.252. The van der Waals surface area contributed by atoms with Crippen LogP contribution in [0.15, 0.2) is 41.3 Å². The Morgan fingerprint density at radius 2 is 1.79 bits per heavy atom. The second kappa shape index (κ2) is 8.09. The zero-order valence-electron chi connectivity index (χ0n) is 15.9. The summed E-state index contributed by atoms with van der Waals surface area (Å²) in [6.07, 6.45) is 0. The van der Waals surface area contributed by atoms with Crippen molar-refractivity contribution in [2.45, 2.75) is 18.7 Å². The molecule has 0 aliphatic carbocycles. The van der Waals surface area contributed by atoms with Gasteiger partial charge in [-0.15, -0.1) is 11.8 Å². The number of aromatic nitrogens is 1. The molecule has 0 spiro atoms. The molecule has 146 valence electrons. The number of anilines is 1. The van der Waals surface area contributed by atoms with E-state index in [1.54, 1.807) is 23.5 Å². The van der Waals surface area contributed by atoms with E-state index in [0.29, 0.717) is 18.8 Å². The number of thioether (sulfide) groups is 1. The van der Waals surface area contributed by atoms with Crippen molar-refractivity contribution < 1.29 is 9.18 Å². The van der Waals surface area contributed by atoms with Crippen LogP contribution in [-0.4, -0.2) is 47.7 Å². The van der Waals surface area contributed by atoms with Crippen LogP contribution in [0, 0.1) is 19.7 Å². The molecule has 28 heavy (non-hydrogen) atoms. The number of rotatable bonds is 4. The van der Waals surface area contributed by atoms with Gasteiger partial charge >= 0.3 is 0 Å². The van der Waals surface area contributed by atoms with Gasteiger partial charge in [0.15, 0.2) is 5.13 Å². The fourth-order valence-corrected chi connectivity index (χ4v) is 5.12. The Morgan fingerprint density at radius 1 is 1.11 bits per heavy atom. The summed E-state index contributed by atoms with van der Waals surface area (Å²) in [6, 6.07) is 10.6. The number of piperazine rings is 1. The van der Waals surface area contributed by atoms with Gasteiger partial charge in [0.05, 0.1) is 16.0 Å². The van der Waals surface area contributed by atoms with Crippen LogP contribution in [0.25, 0.3) is 10.2 Å². The Morgan fingerprint density at radius 3 is 2.50 bits per heavy atom. The smallest absolute Gasteiger partial charge is 0.233 e.